The fourth-order valence-corrected chi connectivity index (χ4v) is 0.724. The Bertz CT molecular complexity index is 273. The minimum Gasteiger partial charge on any atom is -0.333 e. The average Bonchev–Trinajstić information content (AvgIpc) is 2.37. The minimum absolute atomic E-state index is 0.170. The maximum atomic E-state index is 10.7. The Morgan fingerprint density at radius 1 is 1.50 bits per heavy atom. The SMILES string of the molecule is CC.CC(C)c1n[nH]c(=O)n1N. The van der Waals surface area contributed by atoms with Crippen LogP contribution in [-0.4, -0.2) is 14.9 Å². The van der Waals surface area contributed by atoms with Crippen LogP contribution >= 0.6 is 0 Å². The third-order valence-electron chi connectivity index (χ3n) is 1.25. The molecule has 0 aromatic carbocycles. The van der Waals surface area contributed by atoms with Crippen molar-refractivity contribution in [3.8, 4) is 0 Å². The van der Waals surface area contributed by atoms with E-state index in [9.17, 15) is 4.79 Å². The van der Waals surface area contributed by atoms with E-state index in [1.165, 1.54) is 0 Å². The predicted molar refractivity (Wildman–Crippen MR) is 48.4 cm³/mol. The van der Waals surface area contributed by atoms with Crippen molar-refractivity contribution in [2.24, 2.45) is 0 Å². The van der Waals surface area contributed by atoms with Gasteiger partial charge in [0.15, 0.2) is 5.82 Å². The Kier molecular flexibility index (Phi) is 4.10. The summed E-state index contributed by atoms with van der Waals surface area (Å²) in [6.07, 6.45) is 0. The van der Waals surface area contributed by atoms with Crippen molar-refractivity contribution >= 4 is 0 Å². The fraction of sp³-hybridized carbons (Fsp3) is 0.714. The van der Waals surface area contributed by atoms with Gasteiger partial charge in [-0.3, -0.25) is 0 Å². The molecular weight excluding hydrogens is 156 g/mol. The summed E-state index contributed by atoms with van der Waals surface area (Å²) < 4.78 is 1.02. The van der Waals surface area contributed by atoms with Crippen LogP contribution in [-0.2, 0) is 0 Å². The Morgan fingerprint density at radius 2 is 2.00 bits per heavy atom. The van der Waals surface area contributed by atoms with Gasteiger partial charge in [0.2, 0.25) is 0 Å². The van der Waals surface area contributed by atoms with E-state index < -0.39 is 0 Å². The second-order valence-corrected chi connectivity index (χ2v) is 2.41. The van der Waals surface area contributed by atoms with E-state index in [0.717, 1.165) is 4.68 Å². The Morgan fingerprint density at radius 3 is 2.17 bits per heavy atom. The van der Waals surface area contributed by atoms with Crippen LogP contribution in [0.4, 0.5) is 0 Å². The smallest absolute Gasteiger partial charge is 0.333 e. The third-order valence-corrected chi connectivity index (χ3v) is 1.25. The number of hydrogen-bond acceptors (Lipinski definition) is 3. The standard InChI is InChI=1S/C5H10N4O.C2H6/c1-3(2)4-7-8-5(10)9(4)6;1-2/h3H,6H2,1-2H3,(H,8,10);1-2H3. The quantitative estimate of drug-likeness (QED) is 0.603. The molecule has 0 atom stereocenters. The first-order valence-electron chi connectivity index (χ1n) is 4.05. The van der Waals surface area contributed by atoms with Gasteiger partial charge in [-0.05, 0) is 0 Å². The van der Waals surface area contributed by atoms with Gasteiger partial charge in [0.25, 0.3) is 0 Å². The molecule has 0 unspecified atom stereocenters. The lowest BCUT2D eigenvalue weighted by Gasteiger charge is -1.99. The summed E-state index contributed by atoms with van der Waals surface area (Å²) in [5.74, 6) is 6.06. The first-order chi connectivity index (χ1) is 5.63. The van der Waals surface area contributed by atoms with Crippen LogP contribution in [0.15, 0.2) is 4.79 Å². The second-order valence-electron chi connectivity index (χ2n) is 2.41. The van der Waals surface area contributed by atoms with E-state index in [1.54, 1.807) is 0 Å². The molecule has 1 heterocycles. The molecule has 0 bridgehead atoms. The van der Waals surface area contributed by atoms with Crippen LogP contribution in [0.2, 0.25) is 0 Å². The highest BCUT2D eigenvalue weighted by Crippen LogP contribution is 2.04. The minimum atomic E-state index is -0.372. The van der Waals surface area contributed by atoms with Crippen molar-refractivity contribution < 1.29 is 0 Å². The molecule has 3 N–H and O–H groups in total. The van der Waals surface area contributed by atoms with E-state index in [0.29, 0.717) is 5.82 Å². The number of rotatable bonds is 1. The number of hydrogen-bond donors (Lipinski definition) is 2. The van der Waals surface area contributed by atoms with Gasteiger partial charge in [-0.25, -0.2) is 9.89 Å². The molecule has 1 rings (SSSR count). The van der Waals surface area contributed by atoms with Crippen LogP contribution in [0.1, 0.15) is 39.4 Å². The van der Waals surface area contributed by atoms with Crippen LogP contribution in [0, 0.1) is 0 Å². The van der Waals surface area contributed by atoms with Crippen molar-refractivity contribution in [3.05, 3.63) is 16.3 Å². The van der Waals surface area contributed by atoms with Crippen molar-refractivity contribution in [2.75, 3.05) is 5.84 Å². The maximum Gasteiger partial charge on any atom is 0.361 e. The molecule has 1 aromatic rings. The zero-order valence-electron chi connectivity index (χ0n) is 7.96. The van der Waals surface area contributed by atoms with Crippen molar-refractivity contribution in [3.63, 3.8) is 0 Å². The van der Waals surface area contributed by atoms with Gasteiger partial charge in [0, 0.05) is 5.92 Å². The van der Waals surface area contributed by atoms with Gasteiger partial charge in [0.1, 0.15) is 0 Å². The molecule has 5 nitrogen and oxygen atoms in total. The predicted octanol–water partition coefficient (Wildman–Crippen LogP) is 0.435. The molecule has 70 valence electrons. The molecule has 0 amide bonds. The van der Waals surface area contributed by atoms with Crippen LogP contribution in [0.25, 0.3) is 0 Å². The monoisotopic (exact) mass is 172 g/mol. The van der Waals surface area contributed by atoms with Crippen LogP contribution < -0.4 is 11.5 Å². The number of nitrogens with two attached hydrogens (primary N) is 1. The number of nitrogens with one attached hydrogen (secondary N) is 1. The highest BCUT2D eigenvalue weighted by molar-refractivity contribution is 4.91. The highest BCUT2D eigenvalue weighted by atomic mass is 16.2. The lowest BCUT2D eigenvalue weighted by molar-refractivity contribution is 0.725. The molecular formula is C7H16N4O. The summed E-state index contributed by atoms with van der Waals surface area (Å²) in [7, 11) is 0. The molecule has 0 radical (unpaired) electrons. The van der Waals surface area contributed by atoms with Gasteiger partial charge >= 0.3 is 5.69 Å². The summed E-state index contributed by atoms with van der Waals surface area (Å²) in [4.78, 5) is 10.7. The molecule has 1 aromatic heterocycles. The topological polar surface area (TPSA) is 76.7 Å². The highest BCUT2D eigenvalue weighted by Gasteiger charge is 2.07. The van der Waals surface area contributed by atoms with E-state index in [1.807, 2.05) is 27.7 Å². The van der Waals surface area contributed by atoms with Gasteiger partial charge in [-0.15, -0.1) is 0 Å². The molecule has 0 saturated heterocycles. The summed E-state index contributed by atoms with van der Waals surface area (Å²) in [6.45, 7) is 7.83. The number of nitrogens with zero attached hydrogens (tertiary/aromatic N) is 2. The molecule has 0 fully saturated rings. The first kappa shape index (κ1) is 10.7. The fourth-order valence-electron chi connectivity index (χ4n) is 0.724. The third kappa shape index (κ3) is 2.11. The Labute approximate surface area is 71.6 Å². The summed E-state index contributed by atoms with van der Waals surface area (Å²) in [5, 5.41) is 5.97. The molecule has 5 heteroatoms. The molecule has 0 aliphatic carbocycles. The van der Waals surface area contributed by atoms with E-state index >= 15 is 0 Å². The molecule has 0 saturated carbocycles. The van der Waals surface area contributed by atoms with Gasteiger partial charge in [-0.2, -0.15) is 9.77 Å². The van der Waals surface area contributed by atoms with Gasteiger partial charge < -0.3 is 5.84 Å². The number of H-pyrrole nitrogens is 1. The Hall–Kier alpha value is -1.26. The van der Waals surface area contributed by atoms with Crippen LogP contribution in [0.3, 0.4) is 0 Å². The second kappa shape index (κ2) is 4.58. The summed E-state index contributed by atoms with van der Waals surface area (Å²) in [6, 6.07) is 0. The normalized spacial score (nSPS) is 9.42. The largest absolute Gasteiger partial charge is 0.361 e. The van der Waals surface area contributed by atoms with Crippen molar-refractivity contribution in [2.45, 2.75) is 33.6 Å². The lowest BCUT2D eigenvalue weighted by Crippen LogP contribution is -2.26. The lowest BCUT2D eigenvalue weighted by atomic mass is 10.2. The number of aromatic amines is 1. The first-order valence-corrected chi connectivity index (χ1v) is 4.05. The number of nitrogen functional groups attached to an aromatic ring is 1. The molecule has 0 spiro atoms. The molecule has 0 aliphatic heterocycles. The maximum absolute atomic E-state index is 10.7. The van der Waals surface area contributed by atoms with Crippen molar-refractivity contribution in [1.29, 1.82) is 0 Å². The Balaban J connectivity index is 0.000000561. The van der Waals surface area contributed by atoms with E-state index in [-0.39, 0.29) is 11.6 Å². The van der Waals surface area contributed by atoms with Crippen molar-refractivity contribution in [1.82, 2.24) is 14.9 Å². The molecule has 0 aliphatic rings. The summed E-state index contributed by atoms with van der Waals surface area (Å²) >= 11 is 0. The van der Waals surface area contributed by atoms with Gasteiger partial charge in [0.05, 0.1) is 0 Å². The zero-order chi connectivity index (χ0) is 9.72. The van der Waals surface area contributed by atoms with E-state index in [4.69, 9.17) is 5.84 Å². The average molecular weight is 172 g/mol. The van der Waals surface area contributed by atoms with Crippen LogP contribution in [0.5, 0.6) is 0 Å². The van der Waals surface area contributed by atoms with E-state index in [2.05, 4.69) is 10.2 Å². The summed E-state index contributed by atoms with van der Waals surface area (Å²) in [5.41, 5.74) is -0.372. The molecule has 12 heavy (non-hydrogen) atoms. The van der Waals surface area contributed by atoms with Gasteiger partial charge in [-0.1, -0.05) is 27.7 Å². The number of aromatic nitrogens is 3. The zero-order valence-corrected chi connectivity index (χ0v) is 7.96.